The Hall–Kier alpha value is -1.20. The first kappa shape index (κ1) is 17.6. The summed E-state index contributed by atoms with van der Waals surface area (Å²) < 4.78 is 0. The van der Waals surface area contributed by atoms with Crippen LogP contribution in [0.3, 0.4) is 0 Å². The molecule has 1 atom stereocenters. The maximum absolute atomic E-state index is 12.5. The van der Waals surface area contributed by atoms with Gasteiger partial charge in [-0.2, -0.15) is 0 Å². The number of aryl methyl sites for hydroxylation is 1. The Morgan fingerprint density at radius 1 is 1.33 bits per heavy atom. The van der Waals surface area contributed by atoms with Gasteiger partial charge in [0.15, 0.2) is 0 Å². The van der Waals surface area contributed by atoms with E-state index in [0.717, 1.165) is 42.7 Å². The molecule has 132 valence electrons. The highest BCUT2D eigenvalue weighted by Gasteiger charge is 2.25. The number of thiazole rings is 1. The van der Waals surface area contributed by atoms with Gasteiger partial charge in [-0.1, -0.05) is 6.92 Å². The molecule has 1 aromatic heterocycles. The zero-order valence-electron chi connectivity index (χ0n) is 14.9. The van der Waals surface area contributed by atoms with Crippen LogP contribution in [0.1, 0.15) is 43.3 Å². The molecular weight excluding hydrogens is 318 g/mol. The third-order valence-electron chi connectivity index (χ3n) is 5.26. The van der Waals surface area contributed by atoms with Crippen LogP contribution in [-0.4, -0.2) is 53.4 Å². The molecule has 2 aliphatic rings. The van der Waals surface area contributed by atoms with Crippen molar-refractivity contribution in [2.45, 2.75) is 39.5 Å². The maximum Gasteiger partial charge on any atom is 0.246 e. The van der Waals surface area contributed by atoms with Gasteiger partial charge in [0.25, 0.3) is 0 Å². The van der Waals surface area contributed by atoms with Crippen LogP contribution in [0.2, 0.25) is 0 Å². The molecule has 2 saturated heterocycles. The Morgan fingerprint density at radius 3 is 2.83 bits per heavy atom. The van der Waals surface area contributed by atoms with Crippen molar-refractivity contribution in [1.82, 2.24) is 14.8 Å². The molecule has 1 unspecified atom stereocenters. The van der Waals surface area contributed by atoms with Crippen molar-refractivity contribution in [3.8, 4) is 0 Å². The van der Waals surface area contributed by atoms with E-state index in [4.69, 9.17) is 0 Å². The Balaban J connectivity index is 1.49. The van der Waals surface area contributed by atoms with Crippen molar-refractivity contribution in [3.63, 3.8) is 0 Å². The summed E-state index contributed by atoms with van der Waals surface area (Å²) in [4.78, 5) is 21.5. The van der Waals surface area contributed by atoms with E-state index in [1.165, 1.54) is 32.4 Å². The number of carbonyl (C=O) groups excluding carboxylic acids is 1. The molecule has 0 aliphatic carbocycles. The minimum Gasteiger partial charge on any atom is -0.339 e. The summed E-state index contributed by atoms with van der Waals surface area (Å²) in [6, 6.07) is 0. The van der Waals surface area contributed by atoms with Gasteiger partial charge in [-0.3, -0.25) is 4.79 Å². The fraction of sp³-hybridized carbons (Fsp3) is 0.684. The number of carbonyl (C=O) groups is 1. The molecule has 0 bridgehead atoms. The fourth-order valence-corrected chi connectivity index (χ4v) is 4.32. The SMILES string of the molecule is Cc1nc(/C=C/C(=O)N2CCCC(CN3CCC(C)CC3)C2)cs1. The van der Waals surface area contributed by atoms with Crippen molar-refractivity contribution in [2.75, 3.05) is 32.7 Å². The summed E-state index contributed by atoms with van der Waals surface area (Å²) >= 11 is 1.62. The number of rotatable bonds is 4. The van der Waals surface area contributed by atoms with Gasteiger partial charge in [0.1, 0.15) is 0 Å². The second-order valence-corrected chi connectivity index (χ2v) is 8.46. The Morgan fingerprint density at radius 2 is 2.12 bits per heavy atom. The Bertz CT molecular complexity index is 575. The third-order valence-corrected chi connectivity index (χ3v) is 6.05. The highest BCUT2D eigenvalue weighted by Crippen LogP contribution is 2.22. The smallest absolute Gasteiger partial charge is 0.246 e. The van der Waals surface area contributed by atoms with Gasteiger partial charge in [-0.25, -0.2) is 4.98 Å². The third kappa shape index (κ3) is 4.90. The van der Waals surface area contributed by atoms with Gasteiger partial charge >= 0.3 is 0 Å². The fourth-order valence-electron chi connectivity index (χ4n) is 3.74. The summed E-state index contributed by atoms with van der Waals surface area (Å²) in [5.74, 6) is 1.65. The number of amides is 1. The van der Waals surface area contributed by atoms with Gasteiger partial charge in [0.05, 0.1) is 10.7 Å². The first-order valence-corrected chi connectivity index (χ1v) is 10.1. The summed E-state index contributed by atoms with van der Waals surface area (Å²) in [6.45, 7) is 9.77. The molecule has 0 N–H and O–H groups in total. The summed E-state index contributed by atoms with van der Waals surface area (Å²) in [5, 5.41) is 3.03. The lowest BCUT2D eigenvalue weighted by atomic mass is 9.94. The number of hydrogen-bond acceptors (Lipinski definition) is 4. The van der Waals surface area contributed by atoms with Crippen molar-refractivity contribution in [1.29, 1.82) is 0 Å². The minimum absolute atomic E-state index is 0.137. The number of nitrogens with zero attached hydrogens (tertiary/aromatic N) is 3. The zero-order valence-corrected chi connectivity index (χ0v) is 15.7. The van der Waals surface area contributed by atoms with Gasteiger partial charge in [-0.15, -0.1) is 11.3 Å². The Kier molecular flexibility index (Phi) is 6.06. The quantitative estimate of drug-likeness (QED) is 0.783. The molecule has 1 aromatic rings. The normalized spacial score (nSPS) is 23.9. The van der Waals surface area contributed by atoms with E-state index < -0.39 is 0 Å². The summed E-state index contributed by atoms with van der Waals surface area (Å²) in [5.41, 5.74) is 0.891. The number of hydrogen-bond donors (Lipinski definition) is 0. The molecule has 2 aliphatic heterocycles. The molecule has 0 radical (unpaired) electrons. The van der Waals surface area contributed by atoms with Gasteiger partial charge in [0, 0.05) is 31.1 Å². The predicted octanol–water partition coefficient (Wildman–Crippen LogP) is 3.44. The molecule has 5 heteroatoms. The van der Waals surface area contributed by atoms with E-state index in [-0.39, 0.29) is 5.91 Å². The molecule has 3 heterocycles. The number of aromatic nitrogens is 1. The standard InChI is InChI=1S/C19H29N3OS/c1-15-7-10-21(11-8-15)12-17-4-3-9-22(13-17)19(23)6-5-18-14-24-16(2)20-18/h5-6,14-15,17H,3-4,7-13H2,1-2H3/b6-5+. The monoisotopic (exact) mass is 347 g/mol. The highest BCUT2D eigenvalue weighted by molar-refractivity contribution is 7.09. The molecule has 0 aromatic carbocycles. The highest BCUT2D eigenvalue weighted by atomic mass is 32.1. The van der Waals surface area contributed by atoms with Crippen LogP contribution in [0.5, 0.6) is 0 Å². The van der Waals surface area contributed by atoms with Crippen LogP contribution >= 0.6 is 11.3 Å². The van der Waals surface area contributed by atoms with Crippen molar-refractivity contribution >= 4 is 23.3 Å². The van der Waals surface area contributed by atoms with Crippen LogP contribution < -0.4 is 0 Å². The van der Waals surface area contributed by atoms with Gasteiger partial charge in [0.2, 0.25) is 5.91 Å². The Labute approximate surface area is 149 Å². The second-order valence-electron chi connectivity index (χ2n) is 7.40. The zero-order chi connectivity index (χ0) is 16.9. The first-order valence-electron chi connectivity index (χ1n) is 9.21. The molecule has 1 amide bonds. The van der Waals surface area contributed by atoms with Gasteiger partial charge in [-0.05, 0) is 63.6 Å². The van der Waals surface area contributed by atoms with E-state index in [1.807, 2.05) is 23.3 Å². The molecule has 0 spiro atoms. The van der Waals surface area contributed by atoms with Crippen LogP contribution in [0.4, 0.5) is 0 Å². The predicted molar refractivity (Wildman–Crippen MR) is 100 cm³/mol. The average Bonchev–Trinajstić information content (AvgIpc) is 3.00. The molecule has 3 rings (SSSR count). The summed E-state index contributed by atoms with van der Waals surface area (Å²) in [6.07, 6.45) is 8.58. The topological polar surface area (TPSA) is 36.4 Å². The van der Waals surface area contributed by atoms with E-state index >= 15 is 0 Å². The van der Waals surface area contributed by atoms with Crippen LogP contribution in [0.25, 0.3) is 6.08 Å². The largest absolute Gasteiger partial charge is 0.339 e. The van der Waals surface area contributed by atoms with Gasteiger partial charge < -0.3 is 9.80 Å². The first-order chi connectivity index (χ1) is 11.6. The minimum atomic E-state index is 0.137. The number of piperidine rings is 2. The van der Waals surface area contributed by atoms with Crippen LogP contribution in [0, 0.1) is 18.8 Å². The second kappa shape index (κ2) is 8.26. The lowest BCUT2D eigenvalue weighted by Crippen LogP contribution is -2.44. The molecule has 4 nitrogen and oxygen atoms in total. The number of likely N-dealkylation sites (tertiary alicyclic amines) is 2. The molecule has 0 saturated carbocycles. The van der Waals surface area contributed by atoms with Crippen molar-refractivity contribution < 1.29 is 4.79 Å². The van der Waals surface area contributed by atoms with E-state index in [2.05, 4.69) is 16.8 Å². The van der Waals surface area contributed by atoms with E-state index in [9.17, 15) is 4.79 Å². The lowest BCUT2D eigenvalue weighted by Gasteiger charge is -2.37. The van der Waals surface area contributed by atoms with Crippen LogP contribution in [-0.2, 0) is 4.79 Å². The van der Waals surface area contributed by atoms with E-state index in [0.29, 0.717) is 5.92 Å². The average molecular weight is 348 g/mol. The summed E-state index contributed by atoms with van der Waals surface area (Å²) in [7, 11) is 0. The molecule has 24 heavy (non-hydrogen) atoms. The van der Waals surface area contributed by atoms with Crippen molar-refractivity contribution in [2.24, 2.45) is 11.8 Å². The molecular formula is C19H29N3OS. The molecule has 2 fully saturated rings. The lowest BCUT2D eigenvalue weighted by molar-refractivity contribution is -0.127. The van der Waals surface area contributed by atoms with Crippen molar-refractivity contribution in [3.05, 3.63) is 22.2 Å². The maximum atomic E-state index is 12.5. The van der Waals surface area contributed by atoms with Crippen LogP contribution in [0.15, 0.2) is 11.5 Å². The van der Waals surface area contributed by atoms with E-state index in [1.54, 1.807) is 17.4 Å².